The Balaban J connectivity index is 1.88. The van der Waals surface area contributed by atoms with Gasteiger partial charge in [-0.1, -0.05) is 26.0 Å². The largest absolute Gasteiger partial charge is 0.393 e. The van der Waals surface area contributed by atoms with E-state index in [1.165, 1.54) is 0 Å². The summed E-state index contributed by atoms with van der Waals surface area (Å²) < 4.78 is 0. The number of aliphatic hydroxyl groups excluding tert-OH is 1. The van der Waals surface area contributed by atoms with E-state index in [0.29, 0.717) is 37.3 Å². The minimum atomic E-state index is -0.646. The number of benzene rings is 1. The van der Waals surface area contributed by atoms with E-state index in [1.807, 2.05) is 18.2 Å². The van der Waals surface area contributed by atoms with E-state index in [9.17, 15) is 14.7 Å². The third kappa shape index (κ3) is 4.56. The van der Waals surface area contributed by atoms with E-state index in [1.54, 1.807) is 6.07 Å². The molecule has 2 amide bonds. The molecule has 2 rings (SSSR count). The highest BCUT2D eigenvalue weighted by molar-refractivity contribution is 6.39. The van der Waals surface area contributed by atoms with Crippen LogP contribution >= 0.6 is 0 Å². The Kier molecular flexibility index (Phi) is 5.55. The van der Waals surface area contributed by atoms with Crippen molar-refractivity contribution in [3.63, 3.8) is 0 Å². The molecule has 1 fully saturated rings. The number of anilines is 1. The second-order valence-corrected chi connectivity index (χ2v) is 6.21. The third-order valence-corrected chi connectivity index (χ3v) is 4.05. The Morgan fingerprint density at radius 2 is 1.82 bits per heavy atom. The van der Waals surface area contributed by atoms with Gasteiger partial charge in [0.25, 0.3) is 0 Å². The van der Waals surface area contributed by atoms with Crippen LogP contribution in [0, 0.1) is 0 Å². The van der Waals surface area contributed by atoms with Crippen molar-refractivity contribution in [2.45, 2.75) is 57.6 Å². The first-order valence-electron chi connectivity index (χ1n) is 7.85. The van der Waals surface area contributed by atoms with Crippen molar-refractivity contribution in [3.05, 3.63) is 29.8 Å². The van der Waals surface area contributed by atoms with E-state index in [4.69, 9.17) is 0 Å². The van der Waals surface area contributed by atoms with Crippen LogP contribution < -0.4 is 10.6 Å². The molecule has 5 nitrogen and oxygen atoms in total. The molecule has 1 aromatic carbocycles. The highest BCUT2D eigenvalue weighted by atomic mass is 16.3. The van der Waals surface area contributed by atoms with Crippen LogP contribution in [-0.2, 0) is 9.59 Å². The maximum atomic E-state index is 12.0. The van der Waals surface area contributed by atoms with Crippen molar-refractivity contribution in [3.8, 4) is 0 Å². The van der Waals surface area contributed by atoms with E-state index in [-0.39, 0.29) is 12.1 Å². The van der Waals surface area contributed by atoms with Gasteiger partial charge < -0.3 is 15.7 Å². The van der Waals surface area contributed by atoms with Gasteiger partial charge in [-0.25, -0.2) is 0 Å². The van der Waals surface area contributed by atoms with Gasteiger partial charge >= 0.3 is 11.8 Å². The van der Waals surface area contributed by atoms with Gasteiger partial charge in [0.2, 0.25) is 0 Å². The van der Waals surface area contributed by atoms with Crippen LogP contribution in [0.15, 0.2) is 24.3 Å². The molecule has 1 aromatic rings. The van der Waals surface area contributed by atoms with Gasteiger partial charge in [-0.3, -0.25) is 9.59 Å². The fourth-order valence-corrected chi connectivity index (χ4v) is 2.63. The number of carbonyl (C=O) groups is 2. The molecule has 0 bridgehead atoms. The number of aliphatic hydroxyl groups is 1. The monoisotopic (exact) mass is 304 g/mol. The summed E-state index contributed by atoms with van der Waals surface area (Å²) in [4.78, 5) is 23.9. The quantitative estimate of drug-likeness (QED) is 0.749. The molecule has 1 saturated carbocycles. The van der Waals surface area contributed by atoms with Crippen LogP contribution in [0.3, 0.4) is 0 Å². The molecule has 120 valence electrons. The topological polar surface area (TPSA) is 78.4 Å². The molecule has 1 aliphatic rings. The molecular weight excluding hydrogens is 280 g/mol. The Labute approximate surface area is 131 Å². The number of amides is 2. The molecule has 1 aliphatic carbocycles. The van der Waals surface area contributed by atoms with Crippen LogP contribution in [0.4, 0.5) is 5.69 Å². The fraction of sp³-hybridized carbons (Fsp3) is 0.529. The number of carbonyl (C=O) groups excluding carboxylic acids is 2. The lowest BCUT2D eigenvalue weighted by Crippen LogP contribution is -2.43. The summed E-state index contributed by atoms with van der Waals surface area (Å²) in [7, 11) is 0. The summed E-state index contributed by atoms with van der Waals surface area (Å²) in [5.41, 5.74) is 1.74. The standard InChI is InChI=1S/C17H24N2O3/c1-11(2)12-4-3-5-14(10-12)19-17(22)16(21)18-13-6-8-15(20)9-7-13/h3-5,10-11,13,15,20H,6-9H2,1-2H3,(H,18,21)(H,19,22). The van der Waals surface area contributed by atoms with Crippen molar-refractivity contribution in [2.75, 3.05) is 5.32 Å². The van der Waals surface area contributed by atoms with Crippen LogP contribution in [0.5, 0.6) is 0 Å². The highest BCUT2D eigenvalue weighted by Crippen LogP contribution is 2.19. The van der Waals surface area contributed by atoms with Crippen molar-refractivity contribution in [1.82, 2.24) is 5.32 Å². The van der Waals surface area contributed by atoms with Gasteiger partial charge in [-0.15, -0.1) is 0 Å². The summed E-state index contributed by atoms with van der Waals surface area (Å²) in [5.74, 6) is -0.900. The molecule has 5 heteroatoms. The van der Waals surface area contributed by atoms with E-state index in [0.717, 1.165) is 5.56 Å². The maximum Gasteiger partial charge on any atom is 0.313 e. The zero-order valence-electron chi connectivity index (χ0n) is 13.1. The summed E-state index contributed by atoms with van der Waals surface area (Å²) in [6.07, 6.45) is 2.48. The molecule has 22 heavy (non-hydrogen) atoms. The zero-order chi connectivity index (χ0) is 16.1. The Hall–Kier alpha value is -1.88. The molecule has 0 heterocycles. The number of hydrogen-bond acceptors (Lipinski definition) is 3. The first kappa shape index (κ1) is 16.5. The normalized spacial score (nSPS) is 21.5. The van der Waals surface area contributed by atoms with Crippen LogP contribution in [0.25, 0.3) is 0 Å². The van der Waals surface area contributed by atoms with Crippen LogP contribution in [0.2, 0.25) is 0 Å². The predicted octanol–water partition coefficient (Wildman–Crippen LogP) is 2.17. The lowest BCUT2D eigenvalue weighted by molar-refractivity contribution is -0.136. The smallest absolute Gasteiger partial charge is 0.313 e. The Morgan fingerprint density at radius 1 is 1.14 bits per heavy atom. The molecule has 0 atom stereocenters. The Morgan fingerprint density at radius 3 is 2.45 bits per heavy atom. The summed E-state index contributed by atoms with van der Waals surface area (Å²) >= 11 is 0. The second-order valence-electron chi connectivity index (χ2n) is 6.21. The first-order valence-corrected chi connectivity index (χ1v) is 7.85. The van der Waals surface area contributed by atoms with Gasteiger partial charge in [0.1, 0.15) is 0 Å². The maximum absolute atomic E-state index is 12.0. The first-order chi connectivity index (χ1) is 10.5. The highest BCUT2D eigenvalue weighted by Gasteiger charge is 2.23. The van der Waals surface area contributed by atoms with Gasteiger partial charge in [-0.05, 0) is 49.3 Å². The van der Waals surface area contributed by atoms with E-state index < -0.39 is 11.8 Å². The molecule has 0 spiro atoms. The van der Waals surface area contributed by atoms with Crippen molar-refractivity contribution < 1.29 is 14.7 Å². The molecular formula is C17H24N2O3. The van der Waals surface area contributed by atoms with Gasteiger partial charge in [-0.2, -0.15) is 0 Å². The van der Waals surface area contributed by atoms with Gasteiger partial charge in [0.05, 0.1) is 6.10 Å². The van der Waals surface area contributed by atoms with Gasteiger partial charge in [0.15, 0.2) is 0 Å². The summed E-state index contributed by atoms with van der Waals surface area (Å²) in [6.45, 7) is 4.15. The van der Waals surface area contributed by atoms with E-state index in [2.05, 4.69) is 24.5 Å². The number of rotatable bonds is 3. The fourth-order valence-electron chi connectivity index (χ4n) is 2.63. The lowest BCUT2D eigenvalue weighted by atomic mass is 9.93. The summed E-state index contributed by atoms with van der Waals surface area (Å²) in [6, 6.07) is 7.49. The van der Waals surface area contributed by atoms with Crippen LogP contribution in [0.1, 0.15) is 51.0 Å². The van der Waals surface area contributed by atoms with E-state index >= 15 is 0 Å². The van der Waals surface area contributed by atoms with Crippen molar-refractivity contribution in [2.24, 2.45) is 0 Å². The molecule has 0 saturated heterocycles. The Bertz CT molecular complexity index is 534. The molecule has 0 aliphatic heterocycles. The summed E-state index contributed by atoms with van der Waals surface area (Å²) in [5, 5.41) is 14.8. The molecule has 3 N–H and O–H groups in total. The SMILES string of the molecule is CC(C)c1cccc(NC(=O)C(=O)NC2CCC(O)CC2)c1. The number of hydrogen-bond donors (Lipinski definition) is 3. The zero-order valence-corrected chi connectivity index (χ0v) is 13.1. The average Bonchev–Trinajstić information content (AvgIpc) is 2.49. The van der Waals surface area contributed by atoms with Crippen molar-refractivity contribution in [1.29, 1.82) is 0 Å². The second kappa shape index (κ2) is 7.40. The predicted molar refractivity (Wildman–Crippen MR) is 85.6 cm³/mol. The minimum Gasteiger partial charge on any atom is -0.393 e. The van der Waals surface area contributed by atoms with Crippen molar-refractivity contribution >= 4 is 17.5 Å². The third-order valence-electron chi connectivity index (χ3n) is 4.05. The minimum absolute atomic E-state index is 0.0244. The lowest BCUT2D eigenvalue weighted by Gasteiger charge is -2.25. The molecule has 0 unspecified atom stereocenters. The van der Waals surface area contributed by atoms with Gasteiger partial charge in [0, 0.05) is 11.7 Å². The average molecular weight is 304 g/mol. The molecule has 0 aromatic heterocycles. The number of nitrogens with one attached hydrogen (secondary N) is 2. The van der Waals surface area contributed by atoms with Crippen LogP contribution in [-0.4, -0.2) is 29.1 Å². The molecule has 0 radical (unpaired) electrons.